The van der Waals surface area contributed by atoms with Crippen molar-refractivity contribution in [2.24, 2.45) is 0 Å². The highest BCUT2D eigenvalue weighted by molar-refractivity contribution is 5.72. The molecule has 1 atom stereocenters. The first-order valence-electron chi connectivity index (χ1n) is 15.3. The molecule has 0 aromatic heterocycles. The number of carboxylic acids is 1. The van der Waals surface area contributed by atoms with E-state index < -0.39 is 18.2 Å². The van der Waals surface area contributed by atoms with Gasteiger partial charge in [-0.1, -0.05) is 95.4 Å². The Balaban J connectivity index is 1.58. The number of hydrogen-bond donors (Lipinski definition) is 1. The summed E-state index contributed by atoms with van der Waals surface area (Å²) in [5, 5.41) is 9.94. The molecule has 0 spiro atoms. The molecule has 0 bridgehead atoms. The van der Waals surface area contributed by atoms with Gasteiger partial charge in [0.05, 0.1) is 13.2 Å². The summed E-state index contributed by atoms with van der Waals surface area (Å²) in [5.74, 6) is 1.31. The van der Waals surface area contributed by atoms with Crippen molar-refractivity contribution in [3.05, 3.63) is 48.5 Å². The van der Waals surface area contributed by atoms with Crippen molar-refractivity contribution in [1.82, 2.24) is 0 Å². The third-order valence-electron chi connectivity index (χ3n) is 6.97. The largest absolute Gasteiger partial charge is 0.487 e. The van der Waals surface area contributed by atoms with Crippen LogP contribution in [-0.2, 0) is 14.3 Å². The topological polar surface area (TPSA) is 92.7 Å². The van der Waals surface area contributed by atoms with E-state index in [-0.39, 0.29) is 13.2 Å². The number of fused-ring (bicyclic) bond motifs is 2. The van der Waals surface area contributed by atoms with Crippen LogP contribution >= 0.6 is 0 Å². The predicted molar refractivity (Wildman–Crippen MR) is 158 cm³/mol. The van der Waals surface area contributed by atoms with Crippen LogP contribution < -0.4 is 18.9 Å². The summed E-state index contributed by atoms with van der Waals surface area (Å²) in [6.07, 6.45) is 10.8. The average Bonchev–Trinajstić information content (AvgIpc) is 2.98. The summed E-state index contributed by atoms with van der Waals surface area (Å²) in [5.41, 5.74) is 0. The molecule has 1 heterocycles. The molecule has 1 unspecified atom stereocenters. The molecular weight excluding hydrogens is 524 g/mol. The quantitative estimate of drug-likeness (QED) is 0.240. The van der Waals surface area contributed by atoms with Crippen LogP contribution in [0.1, 0.15) is 77.6 Å². The maximum atomic E-state index is 12.1. The fourth-order valence-electron chi connectivity index (χ4n) is 4.69. The minimum atomic E-state index is -0.972. The Labute approximate surface area is 245 Å². The molecule has 1 aliphatic heterocycles. The molecule has 0 radical (unpaired) electrons. The summed E-state index contributed by atoms with van der Waals surface area (Å²) >= 11 is 0. The molecular formula is C33H48O8. The predicted octanol–water partition coefficient (Wildman–Crippen LogP) is 7.08. The number of aliphatic carboxylic acids is 1. The van der Waals surface area contributed by atoms with Crippen LogP contribution in [0, 0.1) is 0 Å². The lowest BCUT2D eigenvalue weighted by Gasteiger charge is -2.24. The van der Waals surface area contributed by atoms with Gasteiger partial charge in [0.25, 0.3) is 0 Å². The van der Waals surface area contributed by atoms with Crippen LogP contribution in [-0.4, -0.2) is 62.9 Å². The second-order valence-electron chi connectivity index (χ2n) is 10.4. The molecule has 1 N–H and O–H groups in total. The summed E-state index contributed by atoms with van der Waals surface area (Å²) in [6.45, 7) is 3.96. The molecule has 0 aliphatic carbocycles. The molecule has 228 valence electrons. The number of rotatable bonds is 14. The first-order valence-corrected chi connectivity index (χ1v) is 15.3. The molecule has 8 heteroatoms. The van der Waals surface area contributed by atoms with Crippen LogP contribution in [0.5, 0.6) is 23.0 Å². The second-order valence-corrected chi connectivity index (χ2v) is 10.4. The molecule has 0 fully saturated rings. The Morgan fingerprint density at radius 3 is 1.61 bits per heavy atom. The summed E-state index contributed by atoms with van der Waals surface area (Å²) in [7, 11) is 0. The van der Waals surface area contributed by atoms with Crippen LogP contribution in [0.25, 0.3) is 0 Å². The Hall–Kier alpha value is -2.97. The Kier molecular flexibility index (Phi) is 15.9. The smallest absolute Gasteiger partial charge is 0.332 e. The van der Waals surface area contributed by atoms with Gasteiger partial charge >= 0.3 is 5.97 Å². The molecule has 0 saturated heterocycles. The van der Waals surface area contributed by atoms with E-state index in [9.17, 15) is 9.90 Å². The zero-order valence-corrected chi connectivity index (χ0v) is 24.6. The number of para-hydroxylation sites is 4. The molecule has 0 saturated carbocycles. The van der Waals surface area contributed by atoms with Gasteiger partial charge in [-0.2, -0.15) is 0 Å². The Morgan fingerprint density at radius 2 is 1.15 bits per heavy atom. The number of benzene rings is 2. The van der Waals surface area contributed by atoms with Gasteiger partial charge in [0.15, 0.2) is 29.1 Å². The van der Waals surface area contributed by atoms with Crippen molar-refractivity contribution in [3.63, 3.8) is 0 Å². The number of unbranched alkanes of at least 4 members (excludes halogenated alkanes) is 9. The average molecular weight is 573 g/mol. The van der Waals surface area contributed by atoms with Crippen LogP contribution in [0.2, 0.25) is 0 Å². The zero-order chi connectivity index (χ0) is 29.0. The van der Waals surface area contributed by atoms with Gasteiger partial charge in [-0.25, -0.2) is 4.79 Å². The highest BCUT2D eigenvalue weighted by atomic mass is 16.6. The molecule has 0 amide bonds. The van der Waals surface area contributed by atoms with Crippen molar-refractivity contribution in [2.45, 2.75) is 89.8 Å². The van der Waals surface area contributed by atoms with E-state index in [1.807, 2.05) is 48.5 Å². The van der Waals surface area contributed by atoms with Gasteiger partial charge in [-0.05, 0) is 30.7 Å². The SMILES string of the molecule is CCCCCCCCCCCCC(OC1COc2ccccc2OCCOCCOc2ccccc2OC1)C(=O)O. The minimum absolute atomic E-state index is 0.0989. The highest BCUT2D eigenvalue weighted by Gasteiger charge is 2.25. The molecule has 2 aromatic carbocycles. The van der Waals surface area contributed by atoms with E-state index in [2.05, 4.69) is 6.92 Å². The van der Waals surface area contributed by atoms with E-state index in [1.165, 1.54) is 44.9 Å². The Morgan fingerprint density at radius 1 is 0.707 bits per heavy atom. The standard InChI is InChI=1S/C33H48O8/c1-2-3-4-5-6-7-8-9-10-11-20-32(33(34)35)41-27-25-39-30-18-14-12-16-28(30)37-23-21-36-22-24-38-29-17-13-15-19-31(29)40-26-27/h12-19,27,32H,2-11,20-26H2,1H3,(H,34,35). The lowest BCUT2D eigenvalue weighted by atomic mass is 10.0. The number of ether oxygens (including phenoxy) is 6. The number of carbonyl (C=O) groups is 1. The zero-order valence-electron chi connectivity index (χ0n) is 24.6. The van der Waals surface area contributed by atoms with Gasteiger partial charge in [0, 0.05) is 0 Å². The monoisotopic (exact) mass is 572 g/mol. The fraction of sp³-hybridized carbons (Fsp3) is 0.606. The van der Waals surface area contributed by atoms with E-state index in [1.54, 1.807) is 0 Å². The van der Waals surface area contributed by atoms with Crippen molar-refractivity contribution in [2.75, 3.05) is 39.6 Å². The van der Waals surface area contributed by atoms with Crippen LogP contribution in [0.4, 0.5) is 0 Å². The first-order chi connectivity index (χ1) is 20.2. The fourth-order valence-corrected chi connectivity index (χ4v) is 4.69. The lowest BCUT2D eigenvalue weighted by Crippen LogP contribution is -2.36. The highest BCUT2D eigenvalue weighted by Crippen LogP contribution is 2.29. The molecule has 3 rings (SSSR count). The van der Waals surface area contributed by atoms with Gasteiger partial charge in [0.1, 0.15) is 32.5 Å². The van der Waals surface area contributed by atoms with Gasteiger partial charge < -0.3 is 33.5 Å². The van der Waals surface area contributed by atoms with Crippen molar-refractivity contribution < 1.29 is 38.3 Å². The normalized spacial score (nSPS) is 15.7. The van der Waals surface area contributed by atoms with Crippen molar-refractivity contribution in [3.8, 4) is 23.0 Å². The maximum absolute atomic E-state index is 12.1. The van der Waals surface area contributed by atoms with Crippen LogP contribution in [0.3, 0.4) is 0 Å². The van der Waals surface area contributed by atoms with Crippen LogP contribution in [0.15, 0.2) is 48.5 Å². The molecule has 8 nitrogen and oxygen atoms in total. The minimum Gasteiger partial charge on any atom is -0.487 e. The summed E-state index contributed by atoms with van der Waals surface area (Å²) in [4.78, 5) is 12.1. The Bertz CT molecular complexity index is 926. The maximum Gasteiger partial charge on any atom is 0.332 e. The van der Waals surface area contributed by atoms with E-state index in [4.69, 9.17) is 28.4 Å². The lowest BCUT2D eigenvalue weighted by molar-refractivity contribution is -0.157. The van der Waals surface area contributed by atoms with E-state index in [0.29, 0.717) is 55.8 Å². The van der Waals surface area contributed by atoms with E-state index >= 15 is 0 Å². The van der Waals surface area contributed by atoms with Gasteiger partial charge in [-0.15, -0.1) is 0 Å². The second kappa shape index (κ2) is 20.0. The summed E-state index contributed by atoms with van der Waals surface area (Å²) in [6, 6.07) is 14.8. The summed E-state index contributed by atoms with van der Waals surface area (Å²) < 4.78 is 35.6. The molecule has 41 heavy (non-hydrogen) atoms. The molecule has 2 aromatic rings. The third kappa shape index (κ3) is 13.0. The van der Waals surface area contributed by atoms with Crippen molar-refractivity contribution >= 4 is 5.97 Å². The van der Waals surface area contributed by atoms with E-state index in [0.717, 1.165) is 19.3 Å². The molecule has 1 aliphatic rings. The first kappa shape index (κ1) is 32.5. The number of hydrogen-bond acceptors (Lipinski definition) is 7. The van der Waals surface area contributed by atoms with Gasteiger partial charge in [0.2, 0.25) is 0 Å². The van der Waals surface area contributed by atoms with Crippen molar-refractivity contribution in [1.29, 1.82) is 0 Å². The number of carboxylic acid groups (broad SMARTS) is 1. The van der Waals surface area contributed by atoms with Gasteiger partial charge in [-0.3, -0.25) is 0 Å². The third-order valence-corrected chi connectivity index (χ3v) is 6.97.